The molecule has 105 valence electrons. The molecule has 20 heavy (non-hydrogen) atoms. The van der Waals surface area contributed by atoms with Gasteiger partial charge in [-0.2, -0.15) is 0 Å². The van der Waals surface area contributed by atoms with E-state index in [0.717, 1.165) is 0 Å². The van der Waals surface area contributed by atoms with Crippen molar-refractivity contribution in [1.29, 1.82) is 0 Å². The van der Waals surface area contributed by atoms with E-state index in [1.54, 1.807) is 11.3 Å². The molecule has 0 saturated carbocycles. The summed E-state index contributed by atoms with van der Waals surface area (Å²) in [7, 11) is 0. The molecule has 0 bridgehead atoms. The van der Waals surface area contributed by atoms with E-state index in [-0.39, 0.29) is 5.49 Å². The number of para-hydroxylation sites is 1. The first kappa shape index (κ1) is 16.0. The van der Waals surface area contributed by atoms with E-state index >= 15 is 0 Å². The molecule has 0 spiro atoms. The molecule has 2 rings (SSSR count). The number of anilines is 1. The summed E-state index contributed by atoms with van der Waals surface area (Å²) in [6, 6.07) is 11.0. The Kier molecular flexibility index (Phi) is 5.24. The van der Waals surface area contributed by atoms with Gasteiger partial charge in [-0.1, -0.05) is 0 Å². The maximum atomic E-state index is 2.76. The zero-order valence-corrected chi connectivity index (χ0v) is 18.0. The van der Waals surface area contributed by atoms with Gasteiger partial charge in [0.05, 0.1) is 0 Å². The van der Waals surface area contributed by atoms with Gasteiger partial charge >= 0.3 is 135 Å². The molecule has 1 unspecified atom stereocenters. The monoisotopic (exact) mass is 450 g/mol. The van der Waals surface area contributed by atoms with Gasteiger partial charge in [-0.05, 0) is 0 Å². The Bertz CT molecular complexity index is 595. The van der Waals surface area contributed by atoms with Crippen LogP contribution in [0.3, 0.4) is 0 Å². The zero-order chi connectivity index (χ0) is 14.9. The van der Waals surface area contributed by atoms with E-state index in [0.29, 0.717) is 5.92 Å². The van der Waals surface area contributed by atoms with Gasteiger partial charge in [-0.25, -0.2) is 0 Å². The second-order valence-corrected chi connectivity index (χ2v) is 22.8. The molecule has 1 aromatic rings. The van der Waals surface area contributed by atoms with Gasteiger partial charge in [0.15, 0.2) is 0 Å². The molecule has 0 N–H and O–H groups in total. The first-order valence-corrected chi connectivity index (χ1v) is 16.7. The van der Waals surface area contributed by atoms with Gasteiger partial charge < -0.3 is 0 Å². The van der Waals surface area contributed by atoms with Gasteiger partial charge in [0.2, 0.25) is 0 Å². The summed E-state index contributed by atoms with van der Waals surface area (Å²) in [5, 5.41) is 0. The number of benzene rings is 1. The Labute approximate surface area is 135 Å². The zero-order valence-electron chi connectivity index (χ0n) is 13.4. The van der Waals surface area contributed by atoms with E-state index in [1.165, 1.54) is 16.8 Å². The minimum atomic E-state index is -0.785. The standard InChI is InChI=1S/C15H18N.C2H6Si.Hf/c1-10-11(2)13(4)15(12(10)3)16-14-8-6-5-7-9-14;1-3-2;/h5-9,12H,1-4H3;1-2H3;/q-1;;+1. The van der Waals surface area contributed by atoms with Gasteiger partial charge in [-0.3, -0.25) is 0 Å². The Morgan fingerprint density at radius 2 is 1.60 bits per heavy atom. The van der Waals surface area contributed by atoms with Crippen LogP contribution in [0.4, 0.5) is 5.69 Å². The second-order valence-electron chi connectivity index (χ2n) is 5.82. The topological polar surface area (TPSA) is 3.24 Å². The Hall–Kier alpha value is -0.413. The van der Waals surface area contributed by atoms with E-state index < -0.39 is 21.8 Å². The van der Waals surface area contributed by atoms with Crippen molar-refractivity contribution < 1.29 is 21.8 Å². The fourth-order valence-corrected chi connectivity index (χ4v) is 12.8. The summed E-state index contributed by atoms with van der Waals surface area (Å²) in [5.41, 5.74) is 7.48. The van der Waals surface area contributed by atoms with Gasteiger partial charge in [-0.15, -0.1) is 0 Å². The van der Waals surface area contributed by atoms with E-state index in [2.05, 4.69) is 74.0 Å². The van der Waals surface area contributed by atoms with Crippen molar-refractivity contribution in [3.8, 4) is 0 Å². The second kappa shape index (κ2) is 6.57. The molecule has 0 fully saturated rings. The molecule has 0 aromatic heterocycles. The van der Waals surface area contributed by atoms with E-state index in [1.807, 2.05) is 0 Å². The molecule has 1 aromatic carbocycles. The molecule has 3 heteroatoms. The summed E-state index contributed by atoms with van der Waals surface area (Å²) in [4.78, 5) is 0. The van der Waals surface area contributed by atoms with Crippen molar-refractivity contribution in [3.05, 3.63) is 52.7 Å². The maximum absolute atomic E-state index is 2.76. The first-order valence-electron chi connectivity index (χ1n) is 7.24. The van der Waals surface area contributed by atoms with Crippen LogP contribution in [0.2, 0.25) is 13.1 Å². The van der Waals surface area contributed by atoms with Crippen LogP contribution in [0.15, 0.2) is 52.7 Å². The number of hydrogen-bond acceptors (Lipinski definition) is 1. The first-order chi connectivity index (χ1) is 9.43. The van der Waals surface area contributed by atoms with Crippen molar-refractivity contribution in [2.24, 2.45) is 5.92 Å². The molecule has 0 heterocycles. The molecular formula is C17H24HfNSi. The van der Waals surface area contributed by atoms with Crippen LogP contribution in [0, 0.1) is 5.92 Å². The summed E-state index contributed by atoms with van der Waals surface area (Å²) >= 11 is -0.785. The van der Waals surface area contributed by atoms with Crippen LogP contribution in [0.1, 0.15) is 27.7 Å². The van der Waals surface area contributed by atoms with Crippen molar-refractivity contribution in [1.82, 2.24) is 0 Å². The number of allylic oxidation sites excluding steroid dienone is 3. The number of hydrogen-bond donors (Lipinski definition) is 0. The average molecular weight is 449 g/mol. The summed E-state index contributed by atoms with van der Waals surface area (Å²) in [5.74, 6) is 0.587. The van der Waals surface area contributed by atoms with Crippen LogP contribution >= 0.6 is 0 Å². The molecular weight excluding hydrogens is 425 g/mol. The third kappa shape index (κ3) is 3.09. The quantitative estimate of drug-likeness (QED) is 0.588. The third-order valence-corrected chi connectivity index (χ3v) is 13.9. The van der Waals surface area contributed by atoms with Crippen LogP contribution in [-0.2, 0) is 21.8 Å². The Morgan fingerprint density at radius 3 is 2.05 bits per heavy atom. The molecule has 1 nitrogen and oxygen atoms in total. The molecule has 1 aliphatic rings. The Morgan fingerprint density at radius 1 is 1.00 bits per heavy atom. The SMILES string of the molecule is CC1=C(C)C(C)C([N]([Hf]=[Si](C)C)c2ccccc2)=C1C. The van der Waals surface area contributed by atoms with Crippen molar-refractivity contribution in [2.45, 2.75) is 40.8 Å². The van der Waals surface area contributed by atoms with Gasteiger partial charge in [0, 0.05) is 0 Å². The van der Waals surface area contributed by atoms with Crippen molar-refractivity contribution >= 4 is 11.2 Å². The summed E-state index contributed by atoms with van der Waals surface area (Å²) in [6.45, 7) is 14.2. The normalized spacial score (nSPS) is 18.4. The van der Waals surface area contributed by atoms with Gasteiger partial charge in [0.1, 0.15) is 0 Å². The van der Waals surface area contributed by atoms with Crippen molar-refractivity contribution in [2.75, 3.05) is 2.89 Å². The fourth-order valence-electron chi connectivity index (χ4n) is 2.77. The van der Waals surface area contributed by atoms with Crippen LogP contribution in [0.5, 0.6) is 0 Å². The molecule has 0 aliphatic heterocycles. The van der Waals surface area contributed by atoms with Gasteiger partial charge in [0.25, 0.3) is 0 Å². The minimum absolute atomic E-state index is 0.130. The van der Waals surface area contributed by atoms with Crippen molar-refractivity contribution in [3.63, 3.8) is 0 Å². The molecule has 0 saturated heterocycles. The van der Waals surface area contributed by atoms with E-state index in [4.69, 9.17) is 0 Å². The Balaban J connectivity index is 2.53. The summed E-state index contributed by atoms with van der Waals surface area (Å²) in [6.07, 6.45) is 0. The predicted octanol–water partition coefficient (Wildman–Crippen LogP) is 5.00. The summed E-state index contributed by atoms with van der Waals surface area (Å²) < 4.78 is 2.76. The molecule has 1 aliphatic carbocycles. The average Bonchev–Trinajstić information content (AvgIpc) is 2.62. The van der Waals surface area contributed by atoms with Crippen LogP contribution < -0.4 is 2.89 Å². The fraction of sp³-hybridized carbons (Fsp3) is 0.412. The molecule has 0 amide bonds. The molecule has 0 radical (unpaired) electrons. The van der Waals surface area contributed by atoms with Crippen LogP contribution in [0.25, 0.3) is 0 Å². The predicted molar refractivity (Wildman–Crippen MR) is 86.6 cm³/mol. The molecule has 1 atom stereocenters. The number of rotatable bonds is 3. The third-order valence-electron chi connectivity index (χ3n) is 4.19. The van der Waals surface area contributed by atoms with E-state index in [9.17, 15) is 0 Å². The number of nitrogens with zero attached hydrogens (tertiary/aromatic N) is 1. The van der Waals surface area contributed by atoms with Crippen LogP contribution in [-0.4, -0.2) is 5.49 Å².